The Kier molecular flexibility index (Phi) is 5.01. The normalized spacial score (nSPS) is 44.4. The summed E-state index contributed by atoms with van der Waals surface area (Å²) in [5.74, 6) is -3.88. The highest BCUT2D eigenvalue weighted by Gasteiger charge is 2.63. The number of ketones is 2. The van der Waals surface area contributed by atoms with Crippen molar-refractivity contribution in [3.05, 3.63) is 11.6 Å². The van der Waals surface area contributed by atoms with E-state index in [-0.39, 0.29) is 47.9 Å². The molecule has 0 heterocycles. The van der Waals surface area contributed by atoms with Crippen LogP contribution in [0.2, 0.25) is 0 Å². The maximum absolute atomic E-state index is 15.3. The minimum atomic E-state index is -2.46. The standard InChI is InChI=1S/C23H31FO6/c1-12(25)30-10-19(26)16-5-4-14-13-8-18(24)17-9-20(27)23(28,29)11-22(17,3)15(13)6-7-21(14,16)2/h9,13-16,18,28-29H,4-8,10-11H2,1-3H3/t13-,14-,15-,16-,18-,21-,22+/m0/s1. The van der Waals surface area contributed by atoms with E-state index in [1.807, 2.05) is 6.92 Å². The molecule has 0 aliphatic heterocycles. The summed E-state index contributed by atoms with van der Waals surface area (Å²) < 4.78 is 20.2. The first-order valence-corrected chi connectivity index (χ1v) is 10.9. The zero-order valence-corrected chi connectivity index (χ0v) is 17.8. The average Bonchev–Trinajstić information content (AvgIpc) is 2.99. The van der Waals surface area contributed by atoms with Gasteiger partial charge in [0.05, 0.1) is 0 Å². The minimum Gasteiger partial charge on any atom is -0.458 e. The largest absolute Gasteiger partial charge is 0.458 e. The van der Waals surface area contributed by atoms with Gasteiger partial charge in [0, 0.05) is 24.7 Å². The summed E-state index contributed by atoms with van der Waals surface area (Å²) in [7, 11) is 0. The minimum absolute atomic E-state index is 0.0106. The number of fused-ring (bicyclic) bond motifs is 5. The first-order chi connectivity index (χ1) is 13.9. The Hall–Kier alpha value is -1.60. The topological polar surface area (TPSA) is 101 Å². The Balaban J connectivity index is 1.62. The van der Waals surface area contributed by atoms with Crippen molar-refractivity contribution in [2.75, 3.05) is 6.61 Å². The lowest BCUT2D eigenvalue weighted by Crippen LogP contribution is -2.58. The maximum Gasteiger partial charge on any atom is 0.303 e. The maximum atomic E-state index is 15.3. The van der Waals surface area contributed by atoms with Gasteiger partial charge in [-0.25, -0.2) is 4.39 Å². The van der Waals surface area contributed by atoms with Gasteiger partial charge in [-0.15, -0.1) is 0 Å². The third kappa shape index (κ3) is 3.08. The molecule has 0 aromatic carbocycles. The van der Waals surface area contributed by atoms with Crippen molar-refractivity contribution >= 4 is 17.5 Å². The molecule has 166 valence electrons. The van der Waals surface area contributed by atoms with Crippen LogP contribution in [0.1, 0.15) is 59.3 Å². The van der Waals surface area contributed by atoms with Crippen molar-refractivity contribution in [1.82, 2.24) is 0 Å². The van der Waals surface area contributed by atoms with Crippen molar-refractivity contribution in [2.45, 2.75) is 71.3 Å². The Morgan fingerprint density at radius 1 is 1.20 bits per heavy atom. The molecule has 0 saturated heterocycles. The van der Waals surface area contributed by atoms with Gasteiger partial charge in [0.15, 0.2) is 5.78 Å². The fraction of sp³-hybridized carbons (Fsp3) is 0.783. The van der Waals surface area contributed by atoms with Gasteiger partial charge in [0.1, 0.15) is 12.8 Å². The third-order valence-corrected chi connectivity index (χ3v) is 8.83. The molecule has 4 rings (SSSR count). The summed E-state index contributed by atoms with van der Waals surface area (Å²) in [5.41, 5.74) is -0.673. The monoisotopic (exact) mass is 422 g/mol. The van der Waals surface area contributed by atoms with E-state index in [1.165, 1.54) is 6.92 Å². The van der Waals surface area contributed by atoms with E-state index in [0.717, 1.165) is 25.3 Å². The van der Waals surface area contributed by atoms with Crippen molar-refractivity contribution in [1.29, 1.82) is 0 Å². The van der Waals surface area contributed by atoms with Crippen LogP contribution in [0.3, 0.4) is 0 Å². The number of halogens is 1. The summed E-state index contributed by atoms with van der Waals surface area (Å²) in [6.45, 7) is 5.03. The number of hydrogen-bond donors (Lipinski definition) is 2. The Bertz CT molecular complexity index is 819. The number of rotatable bonds is 3. The number of ether oxygens (including phenoxy) is 1. The number of aliphatic hydroxyl groups is 2. The van der Waals surface area contributed by atoms with Gasteiger partial charge in [0.25, 0.3) is 0 Å². The number of Topliss-reactive ketones (excluding diaryl/α,β-unsaturated/α-hetero) is 1. The molecule has 6 nitrogen and oxygen atoms in total. The summed E-state index contributed by atoms with van der Waals surface area (Å²) in [4.78, 5) is 36.0. The molecule has 4 aliphatic rings. The number of carbonyl (C=O) groups excluding carboxylic acids is 3. The molecule has 0 bridgehead atoms. The Morgan fingerprint density at radius 3 is 2.57 bits per heavy atom. The van der Waals surface area contributed by atoms with Crippen LogP contribution in [-0.2, 0) is 19.1 Å². The van der Waals surface area contributed by atoms with Gasteiger partial charge in [-0.2, -0.15) is 0 Å². The van der Waals surface area contributed by atoms with Crippen LogP contribution in [0.4, 0.5) is 4.39 Å². The van der Waals surface area contributed by atoms with Gasteiger partial charge in [-0.3, -0.25) is 14.4 Å². The van der Waals surface area contributed by atoms with E-state index in [2.05, 4.69) is 6.92 Å². The molecule has 0 radical (unpaired) electrons. The van der Waals surface area contributed by atoms with E-state index in [9.17, 15) is 24.6 Å². The molecule has 3 saturated carbocycles. The van der Waals surface area contributed by atoms with E-state index in [4.69, 9.17) is 4.74 Å². The quantitative estimate of drug-likeness (QED) is 0.535. The molecule has 0 amide bonds. The van der Waals surface area contributed by atoms with Crippen molar-refractivity contribution in [3.8, 4) is 0 Å². The fourth-order valence-corrected chi connectivity index (χ4v) is 7.49. The number of esters is 1. The Labute approximate surface area is 175 Å². The second kappa shape index (κ2) is 6.95. The molecule has 4 aliphatic carbocycles. The molecule has 0 unspecified atom stereocenters. The Morgan fingerprint density at radius 2 is 1.90 bits per heavy atom. The van der Waals surface area contributed by atoms with Crippen LogP contribution >= 0.6 is 0 Å². The predicted molar refractivity (Wildman–Crippen MR) is 105 cm³/mol. The summed E-state index contributed by atoms with van der Waals surface area (Å²) in [5, 5.41) is 20.5. The van der Waals surface area contributed by atoms with E-state index >= 15 is 4.39 Å². The molecule has 0 spiro atoms. The van der Waals surface area contributed by atoms with E-state index in [0.29, 0.717) is 18.4 Å². The second-order valence-corrected chi connectivity index (χ2v) is 10.4. The van der Waals surface area contributed by atoms with Crippen LogP contribution in [0.5, 0.6) is 0 Å². The molecule has 7 heteroatoms. The molecule has 0 aromatic heterocycles. The van der Waals surface area contributed by atoms with Crippen LogP contribution < -0.4 is 0 Å². The third-order valence-electron chi connectivity index (χ3n) is 8.83. The molecule has 3 fully saturated rings. The predicted octanol–water partition coefficient (Wildman–Crippen LogP) is 2.51. The molecule has 30 heavy (non-hydrogen) atoms. The van der Waals surface area contributed by atoms with Crippen LogP contribution in [-0.4, -0.2) is 46.3 Å². The second-order valence-electron chi connectivity index (χ2n) is 10.4. The van der Waals surface area contributed by atoms with Crippen LogP contribution in [0.15, 0.2) is 11.6 Å². The van der Waals surface area contributed by atoms with Crippen molar-refractivity contribution in [3.63, 3.8) is 0 Å². The highest BCUT2D eigenvalue weighted by Crippen LogP contribution is 2.67. The fourth-order valence-electron chi connectivity index (χ4n) is 7.49. The lowest BCUT2D eigenvalue weighted by Gasteiger charge is -2.59. The first kappa shape index (κ1) is 21.6. The molecular formula is C23H31FO6. The average molecular weight is 422 g/mol. The molecule has 7 atom stereocenters. The van der Waals surface area contributed by atoms with Gasteiger partial charge < -0.3 is 14.9 Å². The SMILES string of the molecule is CC(=O)OCC(=O)[C@@H]1CC[C@H]2[C@@H]3C[C@H](F)C4=CC(=O)C(O)(O)C[C@]4(C)[C@H]3CC[C@]12C. The highest BCUT2D eigenvalue weighted by atomic mass is 19.1. The number of alkyl halides is 1. The zero-order chi connectivity index (χ0) is 22.1. The van der Waals surface area contributed by atoms with Gasteiger partial charge in [-0.1, -0.05) is 13.8 Å². The lowest BCUT2D eigenvalue weighted by molar-refractivity contribution is -0.201. The summed E-state index contributed by atoms with van der Waals surface area (Å²) >= 11 is 0. The summed E-state index contributed by atoms with van der Waals surface area (Å²) in [6.07, 6.45) is 2.94. The smallest absolute Gasteiger partial charge is 0.303 e. The van der Waals surface area contributed by atoms with E-state index < -0.39 is 29.1 Å². The van der Waals surface area contributed by atoms with Crippen LogP contribution in [0.25, 0.3) is 0 Å². The van der Waals surface area contributed by atoms with E-state index in [1.54, 1.807) is 0 Å². The number of hydrogen-bond acceptors (Lipinski definition) is 6. The summed E-state index contributed by atoms with van der Waals surface area (Å²) in [6, 6.07) is 0. The van der Waals surface area contributed by atoms with Gasteiger partial charge >= 0.3 is 5.97 Å². The molecular weight excluding hydrogens is 391 g/mol. The van der Waals surface area contributed by atoms with Gasteiger partial charge in [0.2, 0.25) is 11.6 Å². The first-order valence-electron chi connectivity index (χ1n) is 10.9. The number of allylic oxidation sites excluding steroid dienone is 1. The van der Waals surface area contributed by atoms with Crippen LogP contribution in [0, 0.1) is 34.5 Å². The molecule has 2 N–H and O–H groups in total. The number of carbonyl (C=O) groups is 3. The highest BCUT2D eigenvalue weighted by molar-refractivity contribution is 5.97. The zero-order valence-electron chi connectivity index (χ0n) is 17.8. The molecule has 0 aromatic rings. The lowest BCUT2D eigenvalue weighted by atomic mass is 9.46. The van der Waals surface area contributed by atoms with Crippen molar-refractivity contribution in [2.24, 2.45) is 34.5 Å². The van der Waals surface area contributed by atoms with Gasteiger partial charge in [-0.05, 0) is 66.9 Å². The van der Waals surface area contributed by atoms with Crippen molar-refractivity contribution < 1.29 is 33.7 Å².